The maximum absolute atomic E-state index is 13.0. The summed E-state index contributed by atoms with van der Waals surface area (Å²) in [5, 5.41) is 178. The molecule has 4 aliphatic rings. The molecule has 0 saturated carbocycles. The molecule has 4 fully saturated rings. The molecule has 0 aromatic rings. The number of hydrogen-bond donors (Lipinski definition) is 20. The van der Waals surface area contributed by atoms with Gasteiger partial charge >= 0.3 is 16.4 Å². The zero-order valence-electron chi connectivity index (χ0n) is 39.9. The Morgan fingerprint density at radius 2 is 1.25 bits per heavy atom. The molecule has 4 heterocycles. The number of aliphatic carboxylic acids is 1. The van der Waals surface area contributed by atoms with Gasteiger partial charge in [0.2, 0.25) is 17.7 Å². The van der Waals surface area contributed by atoms with Crippen molar-refractivity contribution in [2.24, 2.45) is 0 Å². The first-order valence-corrected chi connectivity index (χ1v) is 24.2. The Hall–Kier alpha value is -3.17. The maximum Gasteiger partial charge on any atom is 0.397 e. The number of amides is 3. The van der Waals surface area contributed by atoms with Crippen molar-refractivity contribution in [3.8, 4) is 0 Å². The van der Waals surface area contributed by atoms with Crippen LogP contribution < -0.4 is 16.0 Å². The fraction of sp³-hybridized carbons (Fsp3) is 0.897. The first kappa shape index (κ1) is 64.4. The van der Waals surface area contributed by atoms with Gasteiger partial charge in [0.05, 0.1) is 57.8 Å². The van der Waals surface area contributed by atoms with Crippen LogP contribution in [0.3, 0.4) is 0 Å². The van der Waals surface area contributed by atoms with Crippen molar-refractivity contribution in [1.82, 2.24) is 16.0 Å². The summed E-state index contributed by atoms with van der Waals surface area (Å²) in [6.07, 6.45) is -45.9. The highest BCUT2D eigenvalue weighted by molar-refractivity contribution is 7.80. The minimum atomic E-state index is -5.31. The standard InChI is InChI=1S/C39H67N3O32S/c1-11(47)40-14(5-43)31(71-37-30(60)34(26(56)19(8-46)69-37)74-39(38(61)62)4-15(50)21(41-12(2)48)33(73-39)23(53)16(51)6-44)24(54)17(52)9-66-35-22(42-13(3)49)27(57)32(20(70-35)10-67-75(63,64)65)72-36-29(59)28(58)25(55)18(7-45)68-36/h14-37,43-46,50-60H,4-10H2,1-3H3,(H,40,47)(H,41,48)(H,42,49)(H,61,62)(H,63,64,65)/t14-,15-,16+,17+,18+,19+,20+,21+,22+,23+,24-,25-,26-,27+,28-,29+,30+,31+,32+,33+,34-,35+,36-,37-,39-/m0/s1. The Kier molecular flexibility index (Phi) is 23.7. The number of nitrogens with one attached hydrogen (secondary N) is 3. The quantitative estimate of drug-likeness (QED) is 0.0378. The topological polar surface area (TPSA) is 565 Å². The van der Waals surface area contributed by atoms with E-state index < -0.39 is 233 Å². The van der Waals surface area contributed by atoms with Crippen LogP contribution in [0, 0.1) is 0 Å². The van der Waals surface area contributed by atoms with Crippen LogP contribution >= 0.6 is 0 Å². The second-order valence-corrected chi connectivity index (χ2v) is 19.0. The van der Waals surface area contributed by atoms with E-state index in [2.05, 4.69) is 20.1 Å². The molecule has 0 spiro atoms. The van der Waals surface area contributed by atoms with Crippen LogP contribution in [0.15, 0.2) is 0 Å². The summed E-state index contributed by atoms with van der Waals surface area (Å²) in [5.41, 5.74) is 0. The summed E-state index contributed by atoms with van der Waals surface area (Å²) in [5.74, 6) is -8.05. The third kappa shape index (κ3) is 16.0. The number of carbonyl (C=O) groups excluding carboxylic acids is 3. The minimum Gasteiger partial charge on any atom is -0.477 e. The van der Waals surface area contributed by atoms with Crippen molar-refractivity contribution in [2.75, 3.05) is 39.6 Å². The van der Waals surface area contributed by atoms with Crippen LogP contribution in [0.25, 0.3) is 0 Å². The molecular formula is C39H67N3O32S. The molecule has 3 amide bonds. The van der Waals surface area contributed by atoms with E-state index >= 15 is 0 Å². The predicted molar refractivity (Wildman–Crippen MR) is 231 cm³/mol. The van der Waals surface area contributed by atoms with E-state index in [1.807, 2.05) is 0 Å². The van der Waals surface area contributed by atoms with Gasteiger partial charge in [-0.3, -0.25) is 18.9 Å². The van der Waals surface area contributed by atoms with E-state index in [-0.39, 0.29) is 0 Å². The van der Waals surface area contributed by atoms with Crippen LogP contribution in [-0.2, 0) is 71.7 Å². The van der Waals surface area contributed by atoms with Crippen LogP contribution in [0.2, 0.25) is 0 Å². The summed E-state index contributed by atoms with van der Waals surface area (Å²) in [4.78, 5) is 49.7. The van der Waals surface area contributed by atoms with E-state index in [1.54, 1.807) is 0 Å². The van der Waals surface area contributed by atoms with Gasteiger partial charge in [0, 0.05) is 27.2 Å². The SMILES string of the molecule is CC(=O)N[C@H]1[C@H](OC[C@@H](O)[C@H](O)[C@H](O[C@@H]2O[C@H](CO)[C@H](O)[C@H](O[C@]3(C(=O)O)C[C@H](O)[C@@H](NC(C)=O)[C@H]([C@H](O)[C@H](O)CO)O3)[C@H]2O)[C@H](CO)NC(C)=O)O[C@H](COS(=O)(=O)O)[C@@H](O[C@@H]2O[C@H](CO)[C@H](O)[C@H](O)[C@H]2O)[C@@H]1O. The molecule has 4 saturated heterocycles. The van der Waals surface area contributed by atoms with Gasteiger partial charge in [0.25, 0.3) is 5.79 Å². The molecule has 436 valence electrons. The number of aliphatic hydroxyl groups is 15. The van der Waals surface area contributed by atoms with Crippen LogP contribution in [0.5, 0.6) is 0 Å². The minimum absolute atomic E-state index is 0.846. The zero-order chi connectivity index (χ0) is 56.6. The fourth-order valence-electron chi connectivity index (χ4n) is 8.59. The van der Waals surface area contributed by atoms with Gasteiger partial charge in [0.1, 0.15) is 110 Å². The Balaban J connectivity index is 1.65. The van der Waals surface area contributed by atoms with Crippen molar-refractivity contribution >= 4 is 34.1 Å². The third-order valence-corrected chi connectivity index (χ3v) is 12.8. The number of hydrogen-bond acceptors (Lipinski definition) is 30. The lowest BCUT2D eigenvalue weighted by molar-refractivity contribution is -0.376. The molecular weight excluding hydrogens is 1050 g/mol. The van der Waals surface area contributed by atoms with Gasteiger partial charge in [0.15, 0.2) is 18.9 Å². The Bertz CT molecular complexity index is 1980. The molecule has 25 atom stereocenters. The lowest BCUT2D eigenvalue weighted by Crippen LogP contribution is -2.70. The first-order valence-electron chi connectivity index (χ1n) is 22.8. The van der Waals surface area contributed by atoms with E-state index in [1.165, 1.54) is 0 Å². The average Bonchev–Trinajstić information content (AvgIpc) is 3.34. The van der Waals surface area contributed by atoms with Crippen LogP contribution in [-0.4, -0.2) is 311 Å². The summed E-state index contributed by atoms with van der Waals surface area (Å²) < 4.78 is 81.7. The number of carbonyl (C=O) groups is 4. The molecule has 0 aromatic carbocycles. The monoisotopic (exact) mass is 1120 g/mol. The number of aliphatic hydroxyl groups excluding tert-OH is 15. The average molecular weight is 1120 g/mol. The summed E-state index contributed by atoms with van der Waals surface area (Å²) >= 11 is 0. The van der Waals surface area contributed by atoms with E-state index in [9.17, 15) is 114 Å². The maximum atomic E-state index is 13.0. The smallest absolute Gasteiger partial charge is 0.397 e. The second kappa shape index (κ2) is 27.6. The predicted octanol–water partition coefficient (Wildman–Crippen LogP) is -12.8. The summed E-state index contributed by atoms with van der Waals surface area (Å²) in [6.45, 7) is -4.08. The number of ether oxygens (including phenoxy) is 8. The molecule has 0 unspecified atom stereocenters. The van der Waals surface area contributed by atoms with Gasteiger partial charge in [-0.2, -0.15) is 8.42 Å². The highest BCUT2D eigenvalue weighted by Gasteiger charge is 2.60. The lowest BCUT2D eigenvalue weighted by atomic mass is 9.88. The lowest BCUT2D eigenvalue weighted by Gasteiger charge is -2.50. The molecule has 75 heavy (non-hydrogen) atoms. The second-order valence-electron chi connectivity index (χ2n) is 17.9. The molecule has 0 bridgehead atoms. The molecule has 0 radical (unpaired) electrons. The number of rotatable bonds is 25. The molecule has 0 aromatic heterocycles. The van der Waals surface area contributed by atoms with Crippen LogP contribution in [0.4, 0.5) is 0 Å². The van der Waals surface area contributed by atoms with E-state index in [4.69, 9.17) is 37.9 Å². The fourth-order valence-corrected chi connectivity index (χ4v) is 8.89. The Morgan fingerprint density at radius 1 is 0.680 bits per heavy atom. The zero-order valence-corrected chi connectivity index (χ0v) is 40.8. The first-order chi connectivity index (χ1) is 34.9. The molecule has 4 rings (SSSR count). The molecule has 0 aliphatic carbocycles. The van der Waals surface area contributed by atoms with Crippen molar-refractivity contribution in [3.05, 3.63) is 0 Å². The van der Waals surface area contributed by atoms with Gasteiger partial charge in [-0.15, -0.1) is 0 Å². The van der Waals surface area contributed by atoms with Crippen molar-refractivity contribution in [3.63, 3.8) is 0 Å². The summed E-state index contributed by atoms with van der Waals surface area (Å²) in [6, 6.07) is -5.36. The van der Waals surface area contributed by atoms with Gasteiger partial charge < -0.3 is 136 Å². The largest absolute Gasteiger partial charge is 0.477 e. The van der Waals surface area contributed by atoms with Gasteiger partial charge in [-0.1, -0.05) is 0 Å². The molecule has 4 aliphatic heterocycles. The highest BCUT2D eigenvalue weighted by Crippen LogP contribution is 2.38. The highest BCUT2D eigenvalue weighted by atomic mass is 32.3. The van der Waals surface area contributed by atoms with Crippen LogP contribution in [0.1, 0.15) is 27.2 Å². The Labute approximate surface area is 424 Å². The van der Waals surface area contributed by atoms with Crippen molar-refractivity contribution < 1.29 is 156 Å². The molecule has 20 N–H and O–H groups in total. The Morgan fingerprint density at radius 3 is 1.79 bits per heavy atom. The van der Waals surface area contributed by atoms with Gasteiger partial charge in [-0.25, -0.2) is 8.98 Å². The van der Waals surface area contributed by atoms with E-state index in [0.717, 1.165) is 20.8 Å². The van der Waals surface area contributed by atoms with Crippen molar-refractivity contribution in [2.45, 2.75) is 180 Å². The third-order valence-electron chi connectivity index (χ3n) is 12.3. The molecule has 36 heteroatoms. The number of carboxylic acids is 1. The van der Waals surface area contributed by atoms with E-state index in [0.29, 0.717) is 0 Å². The number of carboxylic acid groups (broad SMARTS) is 1. The van der Waals surface area contributed by atoms with Crippen molar-refractivity contribution in [1.29, 1.82) is 0 Å². The van der Waals surface area contributed by atoms with Gasteiger partial charge in [-0.05, 0) is 0 Å². The summed E-state index contributed by atoms with van der Waals surface area (Å²) in [7, 11) is -5.31. The normalized spacial score (nSPS) is 39.0. The molecule has 35 nitrogen and oxygen atoms in total.